The van der Waals surface area contributed by atoms with Gasteiger partial charge in [0, 0.05) is 0 Å². The fraction of sp³-hybridized carbons (Fsp3) is 0.900. The molecule has 0 aromatic carbocycles. The van der Waals surface area contributed by atoms with E-state index in [9.17, 15) is 0 Å². The smallest absolute Gasteiger partial charge is 0.329 e. The number of carbonyl (C=O) groups is 1. The van der Waals surface area contributed by atoms with Gasteiger partial charge in [-0.25, -0.2) is 4.79 Å². The molecule has 0 aliphatic rings. The van der Waals surface area contributed by atoms with Gasteiger partial charge in [0.1, 0.15) is 6.61 Å². The minimum Gasteiger partial charge on any atom is -0.480 e. The molecule has 0 aromatic heterocycles. The maximum absolute atomic E-state index is 9.12. The molecule has 0 aliphatic carbocycles. The number of hydrogen-bond donors (Lipinski definition) is 2. The Morgan fingerprint density at radius 1 is 1.14 bits per heavy atom. The van der Waals surface area contributed by atoms with Gasteiger partial charge in [-0.3, -0.25) is 0 Å². The minimum atomic E-state index is -1.19. The Labute approximate surface area is 98.3 Å². The first-order valence-electron chi connectivity index (χ1n) is 5.16. The summed E-state index contributed by atoms with van der Waals surface area (Å²) in [5.41, 5.74) is 0. The Bertz CT molecular complexity index is 112. The van der Waals surface area contributed by atoms with Gasteiger partial charge in [0.05, 0.1) is 0 Å². The van der Waals surface area contributed by atoms with E-state index < -0.39 is 12.6 Å². The molecule has 0 bridgehead atoms. The van der Waals surface area contributed by atoms with Crippen LogP contribution in [0.3, 0.4) is 0 Å². The Morgan fingerprint density at radius 3 is 1.93 bits per heavy atom. The zero-order valence-corrected chi connectivity index (χ0v) is 10.5. The van der Waals surface area contributed by atoms with Gasteiger partial charge < -0.3 is 10.2 Å². The molecule has 0 saturated heterocycles. The zero-order chi connectivity index (χ0) is 11.2. The predicted octanol–water partition coefficient (Wildman–Crippen LogP) is 2.38. The third-order valence-electron chi connectivity index (χ3n) is 1.67. The van der Waals surface area contributed by atoms with E-state index in [4.69, 9.17) is 15.0 Å². The molecule has 83 valence electrons. The first kappa shape index (κ1) is 16.6. The van der Waals surface area contributed by atoms with E-state index in [1.807, 2.05) is 0 Å². The Kier molecular flexibility index (Phi) is 18.5. The summed E-state index contributed by atoms with van der Waals surface area (Å²) in [6.07, 6.45) is 8.61. The van der Waals surface area contributed by atoms with E-state index >= 15 is 0 Å². The van der Waals surface area contributed by atoms with Crippen molar-refractivity contribution in [2.24, 2.45) is 0 Å². The average molecular weight is 237 g/mol. The Morgan fingerprint density at radius 2 is 1.57 bits per heavy atom. The second-order valence-corrected chi connectivity index (χ2v) is 3.85. The molecule has 2 N–H and O–H groups in total. The van der Waals surface area contributed by atoms with Crippen molar-refractivity contribution in [1.29, 1.82) is 0 Å². The van der Waals surface area contributed by atoms with Crippen LogP contribution < -0.4 is 0 Å². The van der Waals surface area contributed by atoms with Gasteiger partial charge in [-0.1, -0.05) is 0 Å². The topological polar surface area (TPSA) is 57.5 Å². The molecule has 0 amide bonds. The molecular weight excluding hydrogens is 216 g/mol. The van der Waals surface area contributed by atoms with Crippen molar-refractivity contribution in [2.75, 3.05) is 6.61 Å². The van der Waals surface area contributed by atoms with E-state index in [1.165, 1.54) is 43.3 Å². The van der Waals surface area contributed by atoms with Crippen molar-refractivity contribution in [2.45, 2.75) is 50.2 Å². The van der Waals surface area contributed by atoms with Gasteiger partial charge in [0.15, 0.2) is 0 Å². The number of hydrogen-bond acceptors (Lipinski definition) is 2. The molecular formula is C10H21O3Ti. The summed E-state index contributed by atoms with van der Waals surface area (Å²) in [5.74, 6) is -1.19. The molecule has 0 heterocycles. The van der Waals surface area contributed by atoms with E-state index in [2.05, 4.69) is 27.4 Å². The summed E-state index contributed by atoms with van der Waals surface area (Å²) in [5, 5.41) is 15.0. The van der Waals surface area contributed by atoms with E-state index in [0.29, 0.717) is 0 Å². The third kappa shape index (κ3) is 22.7. The summed E-state index contributed by atoms with van der Waals surface area (Å²) < 4.78 is 1.37. The van der Waals surface area contributed by atoms with E-state index in [-0.39, 0.29) is 0 Å². The zero-order valence-electron chi connectivity index (χ0n) is 8.96. The minimum absolute atomic E-state index is 0.778. The first-order chi connectivity index (χ1) is 6.68. The van der Waals surface area contributed by atoms with Gasteiger partial charge in [-0.2, -0.15) is 0 Å². The van der Waals surface area contributed by atoms with Crippen LogP contribution in [0.25, 0.3) is 0 Å². The maximum atomic E-state index is 9.12. The number of aliphatic carboxylic acids is 1. The SMILES string of the molecule is CCCCCCC[CH2][Ti].O=C(O)CO. The van der Waals surface area contributed by atoms with E-state index in [0.717, 1.165) is 0 Å². The van der Waals surface area contributed by atoms with Gasteiger partial charge in [0.25, 0.3) is 0 Å². The standard InChI is InChI=1S/C8H17.C2H4O3.Ti/c1-3-5-7-8-6-4-2;3-1-2(4)5;/h1,3-8H2,2H3;3H,1H2,(H,4,5);. The Balaban J connectivity index is 0. The molecule has 0 atom stereocenters. The fourth-order valence-corrected chi connectivity index (χ4v) is 1.30. The summed E-state index contributed by atoms with van der Waals surface area (Å²) in [6, 6.07) is 0. The molecule has 0 radical (unpaired) electrons. The number of carboxylic acids is 1. The molecule has 0 unspecified atom stereocenters. The number of aliphatic hydroxyl groups excluding tert-OH is 1. The van der Waals surface area contributed by atoms with Crippen molar-refractivity contribution < 1.29 is 35.4 Å². The van der Waals surface area contributed by atoms with Gasteiger partial charge in [-0.05, 0) is 0 Å². The van der Waals surface area contributed by atoms with Crippen molar-refractivity contribution >= 4 is 5.97 Å². The average Bonchev–Trinajstić information content (AvgIpc) is 2.19. The molecule has 0 saturated carbocycles. The van der Waals surface area contributed by atoms with Crippen LogP contribution in [-0.4, -0.2) is 22.8 Å². The second kappa shape index (κ2) is 15.6. The molecule has 0 fully saturated rings. The van der Waals surface area contributed by atoms with Crippen molar-refractivity contribution in [1.82, 2.24) is 0 Å². The molecule has 0 aromatic rings. The number of unbranched alkanes of at least 4 members (excludes halogenated alkanes) is 5. The van der Waals surface area contributed by atoms with Gasteiger partial charge in [0.2, 0.25) is 0 Å². The molecule has 0 rings (SSSR count). The van der Waals surface area contributed by atoms with Crippen LogP contribution in [-0.2, 0) is 25.2 Å². The van der Waals surface area contributed by atoms with Gasteiger partial charge in [-0.15, -0.1) is 0 Å². The second-order valence-electron chi connectivity index (χ2n) is 3.07. The van der Waals surface area contributed by atoms with Crippen LogP contribution in [0.1, 0.15) is 45.4 Å². The van der Waals surface area contributed by atoms with Crippen LogP contribution in [0, 0.1) is 0 Å². The van der Waals surface area contributed by atoms with Crippen LogP contribution >= 0.6 is 0 Å². The summed E-state index contributed by atoms with van der Waals surface area (Å²) >= 11 is 2.26. The summed E-state index contributed by atoms with van der Waals surface area (Å²) in [7, 11) is 0. The monoisotopic (exact) mass is 237 g/mol. The molecule has 14 heavy (non-hydrogen) atoms. The van der Waals surface area contributed by atoms with Crippen molar-refractivity contribution in [3.63, 3.8) is 0 Å². The van der Waals surface area contributed by atoms with Crippen molar-refractivity contribution in [3.05, 3.63) is 0 Å². The first-order valence-corrected chi connectivity index (χ1v) is 6.26. The number of rotatable bonds is 7. The van der Waals surface area contributed by atoms with Crippen LogP contribution in [0.2, 0.25) is 4.73 Å². The number of carboxylic acid groups (broad SMARTS) is 1. The molecule has 4 heteroatoms. The molecule has 0 aliphatic heterocycles. The fourth-order valence-electron chi connectivity index (χ4n) is 0.905. The summed E-state index contributed by atoms with van der Waals surface area (Å²) in [4.78, 5) is 9.12. The third-order valence-corrected chi connectivity index (χ3v) is 2.22. The van der Waals surface area contributed by atoms with Crippen LogP contribution in [0.15, 0.2) is 0 Å². The van der Waals surface area contributed by atoms with E-state index in [1.54, 1.807) is 0 Å². The van der Waals surface area contributed by atoms with Crippen molar-refractivity contribution in [3.8, 4) is 0 Å². The quantitative estimate of drug-likeness (QED) is 0.528. The largest absolute Gasteiger partial charge is 0.480 e. The maximum Gasteiger partial charge on any atom is 0.329 e. The molecule has 3 nitrogen and oxygen atoms in total. The Hall–Kier alpha value is 0.144. The number of aliphatic hydroxyl groups is 1. The molecule has 0 spiro atoms. The van der Waals surface area contributed by atoms with Crippen LogP contribution in [0.5, 0.6) is 0 Å². The predicted molar refractivity (Wildman–Crippen MR) is 52.9 cm³/mol. The van der Waals surface area contributed by atoms with Gasteiger partial charge >= 0.3 is 76.6 Å². The van der Waals surface area contributed by atoms with Crippen LogP contribution in [0.4, 0.5) is 0 Å². The summed E-state index contributed by atoms with van der Waals surface area (Å²) in [6.45, 7) is 1.49. The normalized spacial score (nSPS) is 8.93.